The summed E-state index contributed by atoms with van der Waals surface area (Å²) in [5.74, 6) is -1.75. The maximum absolute atomic E-state index is 12.7. The fourth-order valence-corrected chi connectivity index (χ4v) is 5.64. The molecule has 1 saturated heterocycles. The fourth-order valence-electron chi connectivity index (χ4n) is 3.31. The number of hydrogen-bond acceptors (Lipinski definition) is 11. The molecule has 1 aromatic heterocycles. The van der Waals surface area contributed by atoms with E-state index in [4.69, 9.17) is 9.90 Å². The molecule has 2 amide bonds. The molecule has 0 saturated carbocycles. The van der Waals surface area contributed by atoms with E-state index in [-0.39, 0.29) is 35.3 Å². The number of carboxylic acids is 1. The predicted octanol–water partition coefficient (Wildman–Crippen LogP) is -4.86. The molecule has 3 N–H and O–H groups in total. The predicted molar refractivity (Wildman–Crippen MR) is 117 cm³/mol. The Bertz CT molecular complexity index is 1120. The number of benzene rings is 1. The number of nitrogens with one attached hydrogen (secondary N) is 1. The van der Waals surface area contributed by atoms with Crippen LogP contribution >= 0.6 is 23.5 Å². The minimum atomic E-state index is -1.42. The van der Waals surface area contributed by atoms with Crippen LogP contribution in [0, 0.1) is 0 Å². The van der Waals surface area contributed by atoms with Gasteiger partial charge in [0.05, 0.1) is 0 Å². The molecular formula is C19H19N6NaO7S2. The van der Waals surface area contributed by atoms with E-state index >= 15 is 0 Å². The largest absolute Gasteiger partial charge is 1.00 e. The smallest absolute Gasteiger partial charge is 0.554 e. The third-order valence-corrected chi connectivity index (χ3v) is 7.30. The molecule has 3 heterocycles. The van der Waals surface area contributed by atoms with E-state index in [2.05, 4.69) is 20.8 Å². The Morgan fingerprint density at radius 1 is 1.37 bits per heavy atom. The SMILES string of the molecule is Cn1nnnc1SCC1=C(C(=O)O)N2C(=O)[C@@H](NC(=O)[C@H](O)c3ccccc3)[C@H]2SC1.O=C[O-].[Na+]. The molecule has 0 bridgehead atoms. The van der Waals surface area contributed by atoms with Crippen LogP contribution in [0.1, 0.15) is 11.7 Å². The first-order chi connectivity index (χ1) is 16.3. The molecule has 0 unspecified atom stereocenters. The summed E-state index contributed by atoms with van der Waals surface area (Å²) in [6.07, 6.45) is -1.42. The molecule has 0 aliphatic carbocycles. The topological polar surface area (TPSA) is 191 Å². The summed E-state index contributed by atoms with van der Waals surface area (Å²) in [5, 5.41) is 41.9. The molecule has 4 rings (SSSR count). The van der Waals surface area contributed by atoms with Crippen LogP contribution in [-0.2, 0) is 26.2 Å². The molecular weight excluding hydrogens is 511 g/mol. The van der Waals surface area contributed by atoms with Crippen LogP contribution in [0.15, 0.2) is 46.8 Å². The minimum Gasteiger partial charge on any atom is -0.554 e. The van der Waals surface area contributed by atoms with E-state index in [9.17, 15) is 24.6 Å². The quantitative estimate of drug-likeness (QED) is 0.134. The van der Waals surface area contributed by atoms with Gasteiger partial charge in [0.2, 0.25) is 5.16 Å². The number of amides is 2. The van der Waals surface area contributed by atoms with Crippen molar-refractivity contribution in [1.29, 1.82) is 0 Å². The zero-order valence-electron chi connectivity index (χ0n) is 18.6. The number of fused-ring (bicyclic) bond motifs is 1. The van der Waals surface area contributed by atoms with E-state index < -0.39 is 41.8 Å². The molecule has 3 atom stereocenters. The summed E-state index contributed by atoms with van der Waals surface area (Å²) in [7, 11) is 1.68. The van der Waals surface area contributed by atoms with Gasteiger partial charge in [-0.2, -0.15) is 0 Å². The van der Waals surface area contributed by atoms with Gasteiger partial charge in [-0.1, -0.05) is 42.1 Å². The number of aliphatic hydroxyl groups is 1. The number of nitrogens with zero attached hydrogens (tertiary/aromatic N) is 5. The van der Waals surface area contributed by atoms with Crippen LogP contribution in [0.4, 0.5) is 0 Å². The van der Waals surface area contributed by atoms with Crippen molar-refractivity contribution in [3.63, 3.8) is 0 Å². The van der Waals surface area contributed by atoms with Gasteiger partial charge >= 0.3 is 35.5 Å². The normalized spacial score (nSPS) is 19.3. The van der Waals surface area contributed by atoms with Gasteiger partial charge in [0.25, 0.3) is 11.8 Å². The zero-order valence-corrected chi connectivity index (χ0v) is 22.2. The summed E-state index contributed by atoms with van der Waals surface area (Å²) in [5.41, 5.74) is 0.901. The number of aromatic nitrogens is 4. The Morgan fingerprint density at radius 2 is 2.03 bits per heavy atom. The van der Waals surface area contributed by atoms with Crippen molar-refractivity contribution >= 4 is 47.8 Å². The van der Waals surface area contributed by atoms with Gasteiger partial charge in [-0.25, -0.2) is 9.48 Å². The number of aryl methyl sites for hydroxylation is 1. The van der Waals surface area contributed by atoms with Gasteiger partial charge in [0, 0.05) is 25.0 Å². The van der Waals surface area contributed by atoms with Crippen molar-refractivity contribution in [2.45, 2.75) is 22.7 Å². The van der Waals surface area contributed by atoms with Crippen molar-refractivity contribution in [3.05, 3.63) is 47.2 Å². The van der Waals surface area contributed by atoms with Gasteiger partial charge < -0.3 is 25.4 Å². The van der Waals surface area contributed by atoms with Crippen molar-refractivity contribution in [2.24, 2.45) is 7.05 Å². The second-order valence-electron chi connectivity index (χ2n) is 6.94. The van der Waals surface area contributed by atoms with E-state index in [1.807, 2.05) is 0 Å². The number of carbonyl (C=O) groups is 4. The van der Waals surface area contributed by atoms with E-state index in [1.165, 1.54) is 33.1 Å². The number of thioether (sulfide) groups is 2. The monoisotopic (exact) mass is 530 g/mol. The van der Waals surface area contributed by atoms with Crippen LogP contribution in [0.5, 0.6) is 0 Å². The summed E-state index contributed by atoms with van der Waals surface area (Å²) in [4.78, 5) is 46.5. The van der Waals surface area contributed by atoms with Crippen molar-refractivity contribution in [1.82, 2.24) is 30.4 Å². The van der Waals surface area contributed by atoms with E-state index in [0.29, 0.717) is 27.8 Å². The summed E-state index contributed by atoms with van der Waals surface area (Å²) < 4.78 is 1.48. The van der Waals surface area contributed by atoms with Crippen molar-refractivity contribution < 1.29 is 64.1 Å². The fraction of sp³-hybridized carbons (Fsp3) is 0.316. The summed E-state index contributed by atoms with van der Waals surface area (Å²) >= 11 is 2.64. The number of aliphatic carboxylic acids is 1. The molecule has 0 radical (unpaired) electrons. The number of β-lactam (4-membered cyclic amide) rings is 1. The first-order valence-corrected chi connectivity index (χ1v) is 11.7. The molecule has 2 aromatic rings. The van der Waals surface area contributed by atoms with E-state index in [1.54, 1.807) is 37.4 Å². The Morgan fingerprint density at radius 3 is 2.60 bits per heavy atom. The number of rotatable bonds is 7. The van der Waals surface area contributed by atoms with Crippen LogP contribution in [0.3, 0.4) is 0 Å². The average Bonchev–Trinajstić information content (AvgIpc) is 3.25. The number of hydrogen-bond donors (Lipinski definition) is 3. The Labute approximate surface area is 229 Å². The first kappa shape index (κ1) is 28.8. The van der Waals surface area contributed by atoms with E-state index in [0.717, 1.165) is 0 Å². The second-order valence-corrected chi connectivity index (χ2v) is 8.98. The van der Waals surface area contributed by atoms with Crippen molar-refractivity contribution in [3.8, 4) is 0 Å². The number of tetrazole rings is 1. The maximum Gasteiger partial charge on any atom is 1.00 e. The van der Waals surface area contributed by atoms with Gasteiger partial charge in [0.15, 0.2) is 6.10 Å². The number of carbonyl (C=O) groups excluding carboxylic acids is 3. The van der Waals surface area contributed by atoms with Crippen LogP contribution in [0.2, 0.25) is 0 Å². The summed E-state index contributed by atoms with van der Waals surface area (Å²) in [6, 6.07) is 7.46. The van der Waals surface area contributed by atoms with Gasteiger partial charge in [0.1, 0.15) is 17.1 Å². The third kappa shape index (κ3) is 6.42. The van der Waals surface area contributed by atoms with Crippen LogP contribution < -0.4 is 40.0 Å². The molecule has 35 heavy (non-hydrogen) atoms. The maximum atomic E-state index is 12.7. The van der Waals surface area contributed by atoms with Crippen LogP contribution in [0.25, 0.3) is 0 Å². The number of aliphatic hydroxyl groups excluding tert-OH is 1. The molecule has 1 fully saturated rings. The number of carboxylic acid groups (broad SMARTS) is 2. The standard InChI is InChI=1S/C18H18N6O5S2.CH2O2.Na/c1-23-18(20-21-22-23)31-8-10-7-30-16-11(15(27)24(16)12(10)17(28)29)19-14(26)13(25)9-5-3-2-4-6-9;2-1-3;/h2-6,11,13,16,25H,7-8H2,1H3,(H,19,26)(H,28,29);1H,(H,2,3);/q;;+1/p-1/t11-,13-,16-;;/m1../s1. The average molecular weight is 531 g/mol. The molecule has 180 valence electrons. The molecule has 13 nitrogen and oxygen atoms in total. The first-order valence-electron chi connectivity index (χ1n) is 9.64. The Hall–Kier alpha value is -2.43. The second kappa shape index (κ2) is 13.0. The van der Waals surface area contributed by atoms with Crippen LogP contribution in [-0.4, -0.2) is 82.5 Å². The molecule has 16 heteroatoms. The van der Waals surface area contributed by atoms with Gasteiger partial charge in [-0.05, 0) is 21.6 Å². The minimum absolute atomic E-state index is 0. The molecule has 1 aromatic carbocycles. The third-order valence-electron chi connectivity index (χ3n) is 4.87. The zero-order chi connectivity index (χ0) is 24.8. The van der Waals surface area contributed by atoms with Gasteiger partial charge in [-0.3, -0.25) is 14.5 Å². The van der Waals surface area contributed by atoms with Crippen molar-refractivity contribution in [2.75, 3.05) is 11.5 Å². The Balaban J connectivity index is 0.00000103. The summed E-state index contributed by atoms with van der Waals surface area (Å²) in [6.45, 7) is -0.500. The molecule has 2 aliphatic rings. The van der Waals surface area contributed by atoms with Gasteiger partial charge in [-0.15, -0.1) is 16.9 Å². The molecule has 2 aliphatic heterocycles. The molecule has 0 spiro atoms. The Kier molecular flexibility index (Phi) is 10.7.